The monoisotopic (exact) mass is 330 g/mol. The molecule has 0 aromatic carbocycles. The van der Waals surface area contributed by atoms with E-state index in [-0.39, 0.29) is 24.5 Å². The van der Waals surface area contributed by atoms with Crippen LogP contribution in [0.1, 0.15) is 44.8 Å². The van der Waals surface area contributed by atoms with Crippen LogP contribution in [0, 0.1) is 17.0 Å². The minimum Gasteiger partial charge on any atom is -0.444 e. The van der Waals surface area contributed by atoms with Crippen molar-refractivity contribution < 1.29 is 24.7 Å². The van der Waals surface area contributed by atoms with Crippen LogP contribution in [0.5, 0.6) is 0 Å². The molecule has 0 radical (unpaired) electrons. The van der Waals surface area contributed by atoms with E-state index in [2.05, 4.69) is 15.3 Å². The number of hydrogen-bond donors (Lipinski definition) is 4. The van der Waals surface area contributed by atoms with Crippen molar-refractivity contribution in [2.45, 2.75) is 51.9 Å². The Morgan fingerprint density at radius 3 is 2.61 bits per heavy atom. The number of aliphatic hydroxyl groups excluding tert-OH is 2. The Labute approximate surface area is 133 Å². The SMILES string of the molecule is Cc1nc(C(O)C(O)CCNC(=O)OC(C)(C)C)c([N+](=O)[O-])[nH]1. The average molecular weight is 330 g/mol. The molecule has 0 aliphatic heterocycles. The summed E-state index contributed by atoms with van der Waals surface area (Å²) < 4.78 is 5.02. The Hall–Kier alpha value is -2.20. The van der Waals surface area contributed by atoms with E-state index in [4.69, 9.17) is 4.74 Å². The van der Waals surface area contributed by atoms with Gasteiger partial charge >= 0.3 is 11.9 Å². The van der Waals surface area contributed by atoms with Gasteiger partial charge in [-0.25, -0.2) is 14.8 Å². The number of nitrogens with zero attached hydrogens (tertiary/aromatic N) is 2. The lowest BCUT2D eigenvalue weighted by molar-refractivity contribution is -0.390. The summed E-state index contributed by atoms with van der Waals surface area (Å²) in [5, 5.41) is 33.2. The van der Waals surface area contributed by atoms with Gasteiger partial charge in [-0.05, 0) is 32.1 Å². The number of aryl methyl sites for hydroxylation is 1. The van der Waals surface area contributed by atoms with E-state index in [9.17, 15) is 25.1 Å². The molecule has 1 aromatic heterocycles. The molecule has 0 aliphatic rings. The summed E-state index contributed by atoms with van der Waals surface area (Å²) >= 11 is 0. The summed E-state index contributed by atoms with van der Waals surface area (Å²) in [6.07, 6.45) is -3.54. The molecule has 0 spiro atoms. The van der Waals surface area contributed by atoms with Gasteiger partial charge in [-0.1, -0.05) is 0 Å². The molecule has 10 nitrogen and oxygen atoms in total. The largest absolute Gasteiger partial charge is 0.444 e. The highest BCUT2D eigenvalue weighted by Crippen LogP contribution is 2.25. The van der Waals surface area contributed by atoms with Crippen LogP contribution in [-0.2, 0) is 4.74 Å². The van der Waals surface area contributed by atoms with Gasteiger partial charge in [0.25, 0.3) is 0 Å². The Morgan fingerprint density at radius 1 is 1.48 bits per heavy atom. The second-order valence-electron chi connectivity index (χ2n) is 6.04. The third kappa shape index (κ3) is 5.83. The van der Waals surface area contributed by atoms with Gasteiger partial charge < -0.3 is 30.4 Å². The fourth-order valence-corrected chi connectivity index (χ4v) is 1.82. The zero-order valence-electron chi connectivity index (χ0n) is 13.5. The fraction of sp³-hybridized carbons (Fsp3) is 0.692. The number of carbonyl (C=O) groups is 1. The molecule has 2 atom stereocenters. The van der Waals surface area contributed by atoms with Crippen molar-refractivity contribution in [2.24, 2.45) is 0 Å². The number of imidazole rings is 1. The zero-order chi connectivity index (χ0) is 17.8. The topological polar surface area (TPSA) is 151 Å². The molecular weight excluding hydrogens is 308 g/mol. The van der Waals surface area contributed by atoms with E-state index in [1.165, 1.54) is 6.92 Å². The molecule has 0 saturated heterocycles. The summed E-state index contributed by atoms with van der Waals surface area (Å²) in [5.41, 5.74) is -0.882. The highest BCUT2D eigenvalue weighted by molar-refractivity contribution is 5.67. The molecule has 0 bridgehead atoms. The number of aliphatic hydroxyl groups is 2. The van der Waals surface area contributed by atoms with Gasteiger partial charge in [0.05, 0.1) is 6.10 Å². The van der Waals surface area contributed by atoms with Crippen molar-refractivity contribution in [3.8, 4) is 0 Å². The lowest BCUT2D eigenvalue weighted by atomic mass is 10.1. The molecule has 0 saturated carbocycles. The van der Waals surface area contributed by atoms with Crippen molar-refractivity contribution in [1.29, 1.82) is 0 Å². The Balaban J connectivity index is 2.57. The molecular formula is C13H22N4O6. The fourth-order valence-electron chi connectivity index (χ4n) is 1.82. The molecule has 1 heterocycles. The van der Waals surface area contributed by atoms with Gasteiger partial charge in [-0.15, -0.1) is 0 Å². The summed E-state index contributed by atoms with van der Waals surface area (Å²) in [5.74, 6) is -0.209. The first kappa shape index (κ1) is 18.8. The minimum absolute atomic E-state index is 0.0243. The number of aromatic nitrogens is 2. The van der Waals surface area contributed by atoms with Crippen molar-refractivity contribution in [1.82, 2.24) is 15.3 Å². The number of nitro groups is 1. The predicted octanol–water partition coefficient (Wildman–Crippen LogP) is 0.935. The first-order chi connectivity index (χ1) is 10.5. The summed E-state index contributed by atoms with van der Waals surface area (Å²) in [7, 11) is 0. The van der Waals surface area contributed by atoms with Crippen LogP contribution in [0.15, 0.2) is 0 Å². The first-order valence-electron chi connectivity index (χ1n) is 7.05. The highest BCUT2D eigenvalue weighted by atomic mass is 16.6. The van der Waals surface area contributed by atoms with Gasteiger partial charge in [-0.2, -0.15) is 0 Å². The number of carbonyl (C=O) groups excluding carboxylic acids is 1. The summed E-state index contributed by atoms with van der Waals surface area (Å²) in [6, 6.07) is 0. The van der Waals surface area contributed by atoms with Crippen LogP contribution in [0.2, 0.25) is 0 Å². The number of ether oxygens (including phenoxy) is 1. The molecule has 2 unspecified atom stereocenters. The smallest absolute Gasteiger partial charge is 0.407 e. The van der Waals surface area contributed by atoms with Crippen LogP contribution >= 0.6 is 0 Å². The number of H-pyrrole nitrogens is 1. The molecule has 10 heteroatoms. The van der Waals surface area contributed by atoms with Gasteiger partial charge in [-0.3, -0.25) is 0 Å². The average Bonchev–Trinajstić information content (AvgIpc) is 2.77. The molecule has 1 aromatic rings. The number of nitrogens with one attached hydrogen (secondary N) is 2. The lowest BCUT2D eigenvalue weighted by Crippen LogP contribution is -2.34. The van der Waals surface area contributed by atoms with Crippen molar-refractivity contribution in [3.05, 3.63) is 21.6 Å². The van der Waals surface area contributed by atoms with Gasteiger partial charge in [0.2, 0.25) is 0 Å². The number of rotatable bonds is 6. The number of amides is 1. The molecule has 130 valence electrons. The third-order valence-electron chi connectivity index (χ3n) is 2.77. The maximum atomic E-state index is 11.4. The van der Waals surface area contributed by atoms with Crippen LogP contribution in [0.4, 0.5) is 10.6 Å². The van der Waals surface area contributed by atoms with Crippen molar-refractivity contribution in [3.63, 3.8) is 0 Å². The van der Waals surface area contributed by atoms with Crippen molar-refractivity contribution >= 4 is 11.9 Å². The maximum absolute atomic E-state index is 11.4. The van der Waals surface area contributed by atoms with Crippen molar-refractivity contribution in [2.75, 3.05) is 6.54 Å². The van der Waals surface area contributed by atoms with E-state index in [0.717, 1.165) is 0 Å². The first-order valence-corrected chi connectivity index (χ1v) is 7.05. The molecule has 1 rings (SSSR count). The predicted molar refractivity (Wildman–Crippen MR) is 79.8 cm³/mol. The third-order valence-corrected chi connectivity index (χ3v) is 2.77. The van der Waals surface area contributed by atoms with Crippen LogP contribution in [-0.4, -0.2) is 49.4 Å². The second-order valence-corrected chi connectivity index (χ2v) is 6.04. The van der Waals surface area contributed by atoms with Crippen LogP contribution in [0.3, 0.4) is 0 Å². The number of hydrogen-bond acceptors (Lipinski definition) is 7. The molecule has 23 heavy (non-hydrogen) atoms. The van der Waals surface area contributed by atoms with Crippen LogP contribution in [0.25, 0.3) is 0 Å². The minimum atomic E-state index is -1.54. The molecule has 4 N–H and O–H groups in total. The van der Waals surface area contributed by atoms with Crippen LogP contribution < -0.4 is 5.32 Å². The van der Waals surface area contributed by atoms with E-state index in [1.54, 1.807) is 20.8 Å². The Morgan fingerprint density at radius 2 is 2.09 bits per heavy atom. The zero-order valence-corrected chi connectivity index (χ0v) is 13.5. The van der Waals surface area contributed by atoms with E-state index < -0.39 is 34.6 Å². The summed E-state index contributed by atoms with van der Waals surface area (Å²) in [4.78, 5) is 27.8. The lowest BCUT2D eigenvalue weighted by Gasteiger charge is -2.20. The second kappa shape index (κ2) is 7.38. The standard InChI is InChI=1S/C13H22N4O6/c1-7-15-9(11(16-7)17(21)22)10(19)8(18)5-6-14-12(20)23-13(2,3)4/h8,10,18-19H,5-6H2,1-4H3,(H,14,20)(H,15,16). The Kier molecular flexibility index (Phi) is 6.05. The number of aromatic amines is 1. The van der Waals surface area contributed by atoms with E-state index in [1.807, 2.05) is 0 Å². The number of alkyl carbamates (subject to hydrolysis) is 1. The summed E-state index contributed by atoms with van der Waals surface area (Å²) in [6.45, 7) is 6.67. The maximum Gasteiger partial charge on any atom is 0.407 e. The quantitative estimate of drug-likeness (QED) is 0.447. The van der Waals surface area contributed by atoms with Gasteiger partial charge in [0, 0.05) is 13.5 Å². The normalized spacial score (nSPS) is 14.2. The molecule has 0 aliphatic carbocycles. The van der Waals surface area contributed by atoms with E-state index >= 15 is 0 Å². The van der Waals surface area contributed by atoms with Gasteiger partial charge in [0.1, 0.15) is 11.7 Å². The highest BCUT2D eigenvalue weighted by Gasteiger charge is 2.29. The van der Waals surface area contributed by atoms with E-state index in [0.29, 0.717) is 0 Å². The molecule has 1 amide bonds. The molecule has 0 fully saturated rings. The van der Waals surface area contributed by atoms with Gasteiger partial charge in [0.15, 0.2) is 11.5 Å². The Bertz CT molecular complexity index is 565.